The number of hydrogen-bond acceptors (Lipinski definition) is 3. The minimum absolute atomic E-state index is 0.0270. The van der Waals surface area contributed by atoms with E-state index in [9.17, 15) is 9.90 Å². The number of carboxylic acid groups (broad SMARTS) is 1. The van der Waals surface area contributed by atoms with E-state index < -0.39 is 5.97 Å². The quantitative estimate of drug-likeness (QED) is 0.453. The molecular weight excluding hydrogens is 439 g/mol. The molecule has 1 saturated carbocycles. The van der Waals surface area contributed by atoms with E-state index in [4.69, 9.17) is 39.9 Å². The van der Waals surface area contributed by atoms with E-state index in [2.05, 4.69) is 0 Å². The van der Waals surface area contributed by atoms with Crippen molar-refractivity contribution in [1.29, 1.82) is 0 Å². The van der Waals surface area contributed by atoms with Crippen LogP contribution >= 0.6 is 46.1 Å². The van der Waals surface area contributed by atoms with Crippen molar-refractivity contribution in [2.24, 2.45) is 11.8 Å². The molecule has 152 valence electrons. The van der Waals surface area contributed by atoms with Crippen molar-refractivity contribution in [2.75, 3.05) is 0 Å². The second kappa shape index (κ2) is 9.82. The summed E-state index contributed by atoms with van der Waals surface area (Å²) in [5.74, 6) is -0.472. The number of carbonyl (C=O) groups is 1. The Balaban J connectivity index is 1.56. The predicted molar refractivity (Wildman–Crippen MR) is 116 cm³/mol. The van der Waals surface area contributed by atoms with Crippen LogP contribution in [0.25, 0.3) is 0 Å². The first-order valence-electron chi connectivity index (χ1n) is 9.42. The Labute approximate surface area is 184 Å². The van der Waals surface area contributed by atoms with Gasteiger partial charge in [0, 0.05) is 20.3 Å². The Kier molecular flexibility index (Phi) is 7.68. The second-order valence-electron chi connectivity index (χ2n) is 7.43. The summed E-state index contributed by atoms with van der Waals surface area (Å²) in [7, 11) is 0. The van der Waals surface area contributed by atoms with Gasteiger partial charge in [-0.1, -0.05) is 23.2 Å². The van der Waals surface area contributed by atoms with Gasteiger partial charge in [0.2, 0.25) is 0 Å². The van der Waals surface area contributed by atoms with Gasteiger partial charge in [-0.3, -0.25) is 0 Å². The van der Waals surface area contributed by atoms with E-state index in [0.29, 0.717) is 21.3 Å². The SMILES string of the molecule is O=C(O)c1ccc(CCC[C@H]2[C@H](Cl)CC(O)[C@@H]2CCc2cc(Cl)cc(Cl)c2)s1. The largest absolute Gasteiger partial charge is 0.477 e. The topological polar surface area (TPSA) is 57.5 Å². The fourth-order valence-corrected chi connectivity index (χ4v) is 6.12. The van der Waals surface area contributed by atoms with Crippen LogP contribution in [-0.4, -0.2) is 27.7 Å². The smallest absolute Gasteiger partial charge is 0.345 e. The Morgan fingerprint density at radius 3 is 2.43 bits per heavy atom. The molecule has 1 aliphatic carbocycles. The maximum Gasteiger partial charge on any atom is 0.345 e. The highest BCUT2D eigenvalue weighted by atomic mass is 35.5. The monoisotopic (exact) mass is 460 g/mol. The third kappa shape index (κ3) is 5.64. The van der Waals surface area contributed by atoms with E-state index in [1.807, 2.05) is 18.2 Å². The zero-order valence-corrected chi connectivity index (χ0v) is 18.4. The molecule has 2 aromatic rings. The van der Waals surface area contributed by atoms with Crippen molar-refractivity contribution in [1.82, 2.24) is 0 Å². The van der Waals surface area contributed by atoms with Crippen molar-refractivity contribution in [3.63, 3.8) is 0 Å². The molecule has 4 atom stereocenters. The lowest BCUT2D eigenvalue weighted by Crippen LogP contribution is -2.21. The molecule has 2 N–H and O–H groups in total. The molecule has 28 heavy (non-hydrogen) atoms. The maximum atomic E-state index is 11.0. The Morgan fingerprint density at radius 1 is 1.07 bits per heavy atom. The lowest BCUT2D eigenvalue weighted by atomic mass is 9.85. The number of thiophene rings is 1. The minimum atomic E-state index is -0.878. The Hall–Kier alpha value is -0.780. The lowest BCUT2D eigenvalue weighted by molar-refractivity contribution is 0.0702. The average Bonchev–Trinajstić information content (AvgIpc) is 3.18. The third-order valence-corrected chi connectivity index (χ3v) is 7.57. The molecule has 1 aromatic heterocycles. The van der Waals surface area contributed by atoms with Crippen LogP contribution in [0.15, 0.2) is 30.3 Å². The highest BCUT2D eigenvalue weighted by Gasteiger charge is 2.40. The van der Waals surface area contributed by atoms with Gasteiger partial charge in [0.05, 0.1) is 6.10 Å². The number of alkyl halides is 1. The number of aromatic carboxylic acids is 1. The van der Waals surface area contributed by atoms with Crippen LogP contribution in [0.5, 0.6) is 0 Å². The van der Waals surface area contributed by atoms with Gasteiger partial charge in [0.15, 0.2) is 0 Å². The first kappa shape index (κ1) is 21.9. The van der Waals surface area contributed by atoms with Crippen LogP contribution in [-0.2, 0) is 12.8 Å². The van der Waals surface area contributed by atoms with E-state index in [1.54, 1.807) is 12.1 Å². The molecule has 3 rings (SSSR count). The van der Waals surface area contributed by atoms with Gasteiger partial charge in [-0.25, -0.2) is 4.79 Å². The van der Waals surface area contributed by atoms with Gasteiger partial charge in [-0.05, 0) is 86.3 Å². The van der Waals surface area contributed by atoms with Crippen molar-refractivity contribution in [3.8, 4) is 0 Å². The highest BCUT2D eigenvalue weighted by molar-refractivity contribution is 7.13. The number of hydrogen-bond donors (Lipinski definition) is 2. The fraction of sp³-hybridized carbons (Fsp3) is 0.476. The van der Waals surface area contributed by atoms with Gasteiger partial charge >= 0.3 is 5.97 Å². The molecule has 0 radical (unpaired) electrons. The summed E-state index contributed by atoms with van der Waals surface area (Å²) < 4.78 is 0. The van der Waals surface area contributed by atoms with Crippen molar-refractivity contribution in [2.45, 2.75) is 50.0 Å². The standard InChI is InChI=1S/C21H23Cl3O3S/c22-13-8-12(9-14(23)10-13)4-6-17-16(18(24)11-19(17)25)3-1-2-15-5-7-20(28-15)21(26)27/h5,7-10,16-19,25H,1-4,6,11H2,(H,26,27)/t16-,17-,18-,19?/m1/s1. The van der Waals surface area contributed by atoms with Crippen LogP contribution in [0.2, 0.25) is 10.0 Å². The normalized spacial score (nSPS) is 24.6. The number of halogens is 3. The summed E-state index contributed by atoms with van der Waals surface area (Å²) in [6.07, 6.45) is 4.57. The van der Waals surface area contributed by atoms with Gasteiger partial charge in [-0.15, -0.1) is 22.9 Å². The number of aliphatic hydroxyl groups is 1. The van der Waals surface area contributed by atoms with E-state index in [1.165, 1.54) is 11.3 Å². The molecule has 0 amide bonds. The maximum absolute atomic E-state index is 11.0. The zero-order chi connectivity index (χ0) is 20.3. The lowest BCUT2D eigenvalue weighted by Gasteiger charge is -2.23. The summed E-state index contributed by atoms with van der Waals surface area (Å²) in [5.41, 5.74) is 1.07. The van der Waals surface area contributed by atoms with Gasteiger partial charge in [-0.2, -0.15) is 0 Å². The number of benzene rings is 1. The summed E-state index contributed by atoms with van der Waals surface area (Å²) in [5, 5.41) is 20.7. The number of aryl methyl sites for hydroxylation is 2. The average molecular weight is 462 g/mol. The Morgan fingerprint density at radius 2 is 1.79 bits per heavy atom. The number of aliphatic hydroxyl groups excluding tert-OH is 1. The van der Waals surface area contributed by atoms with Gasteiger partial charge < -0.3 is 10.2 Å². The number of rotatable bonds is 8. The zero-order valence-electron chi connectivity index (χ0n) is 15.3. The molecule has 0 spiro atoms. The molecule has 0 aliphatic heterocycles. The van der Waals surface area contributed by atoms with Crippen LogP contribution < -0.4 is 0 Å². The molecule has 1 aliphatic rings. The molecule has 0 saturated heterocycles. The highest BCUT2D eigenvalue weighted by Crippen LogP contribution is 2.42. The predicted octanol–water partition coefficient (Wildman–Crippen LogP) is 6.31. The van der Waals surface area contributed by atoms with Crippen LogP contribution in [0, 0.1) is 11.8 Å². The second-order valence-corrected chi connectivity index (χ2v) is 10.0. The van der Waals surface area contributed by atoms with Crippen LogP contribution in [0.4, 0.5) is 0 Å². The molecule has 3 nitrogen and oxygen atoms in total. The summed E-state index contributed by atoms with van der Waals surface area (Å²) >= 11 is 20.0. The van der Waals surface area contributed by atoms with Crippen LogP contribution in [0.3, 0.4) is 0 Å². The fourth-order valence-electron chi connectivity index (χ4n) is 4.16. The van der Waals surface area contributed by atoms with Gasteiger partial charge in [0.25, 0.3) is 0 Å². The van der Waals surface area contributed by atoms with Gasteiger partial charge in [0.1, 0.15) is 4.88 Å². The van der Waals surface area contributed by atoms with E-state index in [0.717, 1.165) is 42.5 Å². The van der Waals surface area contributed by atoms with E-state index in [-0.39, 0.29) is 23.3 Å². The first-order chi connectivity index (χ1) is 13.3. The first-order valence-corrected chi connectivity index (χ1v) is 11.4. The molecule has 7 heteroatoms. The molecule has 1 aromatic carbocycles. The van der Waals surface area contributed by atoms with Crippen molar-refractivity contribution >= 4 is 52.1 Å². The molecule has 0 bridgehead atoms. The van der Waals surface area contributed by atoms with Crippen molar-refractivity contribution in [3.05, 3.63) is 55.7 Å². The molecule has 1 fully saturated rings. The van der Waals surface area contributed by atoms with Crippen molar-refractivity contribution < 1.29 is 15.0 Å². The summed E-state index contributed by atoms with van der Waals surface area (Å²) in [4.78, 5) is 12.4. The minimum Gasteiger partial charge on any atom is -0.477 e. The Bertz CT molecular complexity index is 803. The summed E-state index contributed by atoms with van der Waals surface area (Å²) in [6, 6.07) is 9.09. The van der Waals surface area contributed by atoms with Crippen LogP contribution in [0.1, 0.15) is 45.8 Å². The molecule has 1 heterocycles. The summed E-state index contributed by atoms with van der Waals surface area (Å²) in [6.45, 7) is 0. The molecule has 1 unspecified atom stereocenters. The third-order valence-electron chi connectivity index (χ3n) is 5.50. The van der Waals surface area contributed by atoms with E-state index >= 15 is 0 Å². The number of carboxylic acids is 1. The molecular formula is C21H23Cl3O3S.